The highest BCUT2D eigenvalue weighted by atomic mass is 16.7. The summed E-state index contributed by atoms with van der Waals surface area (Å²) in [4.78, 5) is 37.8. The highest BCUT2D eigenvalue weighted by Gasteiger charge is 2.47. The summed E-state index contributed by atoms with van der Waals surface area (Å²) < 4.78 is 16.6. The Kier molecular flexibility index (Phi) is 8.48. The van der Waals surface area contributed by atoms with Gasteiger partial charge in [-0.3, -0.25) is 19.3 Å². The van der Waals surface area contributed by atoms with E-state index in [0.717, 1.165) is 18.4 Å². The molecule has 2 aliphatic heterocycles. The number of carbonyl (C=O) groups excluding carboxylic acids is 1. The zero-order chi connectivity index (χ0) is 25.7. The molecule has 2 aromatic rings. The molecule has 0 spiro atoms. The Morgan fingerprint density at radius 1 is 1.22 bits per heavy atom. The molecule has 0 bridgehead atoms. The number of ether oxygens (including phenoxy) is 2. The second kappa shape index (κ2) is 11.7. The molecule has 2 aliphatic rings. The van der Waals surface area contributed by atoms with Crippen LogP contribution in [0.3, 0.4) is 0 Å². The van der Waals surface area contributed by atoms with E-state index in [1.54, 1.807) is 6.20 Å². The van der Waals surface area contributed by atoms with E-state index in [1.807, 2.05) is 43.9 Å². The average molecular weight is 502 g/mol. The van der Waals surface area contributed by atoms with Gasteiger partial charge in [0.2, 0.25) is 6.79 Å². The summed E-state index contributed by atoms with van der Waals surface area (Å²) in [7, 11) is 0. The molecule has 3 heterocycles. The first-order chi connectivity index (χ1) is 17.4. The van der Waals surface area contributed by atoms with E-state index in [2.05, 4.69) is 4.98 Å². The summed E-state index contributed by atoms with van der Waals surface area (Å²) in [6, 6.07) is 5.18. The Labute approximate surface area is 211 Å². The maximum absolute atomic E-state index is 13.2. The van der Waals surface area contributed by atoms with Gasteiger partial charge in [0.15, 0.2) is 17.4 Å². The van der Waals surface area contributed by atoms with Gasteiger partial charge in [-0.25, -0.2) is 10.0 Å². The number of aromatic nitrogens is 1. The number of fused-ring (bicyclic) bond motifs is 1. The van der Waals surface area contributed by atoms with Crippen LogP contribution in [0.15, 0.2) is 28.8 Å². The molecule has 0 saturated carbocycles. The molecule has 1 fully saturated rings. The molecule has 196 valence electrons. The van der Waals surface area contributed by atoms with E-state index in [4.69, 9.17) is 18.7 Å². The van der Waals surface area contributed by atoms with Crippen molar-refractivity contribution in [1.29, 1.82) is 0 Å². The van der Waals surface area contributed by atoms with Crippen molar-refractivity contribution in [3.8, 4) is 11.5 Å². The number of benzene rings is 1. The first-order valence-corrected chi connectivity index (χ1v) is 12.6. The Hall–Kier alpha value is -3.11. The number of hydroxylamine groups is 2. The molecule has 0 radical (unpaired) electrons. The predicted octanol–water partition coefficient (Wildman–Crippen LogP) is 3.39. The Balaban J connectivity index is 1.59. The largest absolute Gasteiger partial charge is 0.481 e. The van der Waals surface area contributed by atoms with Gasteiger partial charge in [0.1, 0.15) is 5.76 Å². The van der Waals surface area contributed by atoms with E-state index in [9.17, 15) is 14.7 Å². The molecule has 10 heteroatoms. The van der Waals surface area contributed by atoms with Gasteiger partial charge < -0.3 is 19.0 Å². The molecule has 4 rings (SSSR count). The number of amides is 1. The lowest BCUT2D eigenvalue weighted by atomic mass is 9.83. The fourth-order valence-electron chi connectivity index (χ4n) is 5.04. The number of carbonyl (C=O) groups is 2. The lowest BCUT2D eigenvalue weighted by Crippen LogP contribution is -2.44. The van der Waals surface area contributed by atoms with Crippen molar-refractivity contribution < 1.29 is 33.4 Å². The highest BCUT2D eigenvalue weighted by molar-refractivity contribution is 5.78. The molecule has 0 aliphatic carbocycles. The Morgan fingerprint density at radius 2 is 2.03 bits per heavy atom. The fourth-order valence-corrected chi connectivity index (χ4v) is 5.04. The normalized spacial score (nSPS) is 21.1. The summed E-state index contributed by atoms with van der Waals surface area (Å²) >= 11 is 0. The van der Waals surface area contributed by atoms with Crippen molar-refractivity contribution >= 4 is 11.9 Å². The minimum absolute atomic E-state index is 0.0732. The number of rotatable bonds is 12. The molecule has 1 aromatic heterocycles. The van der Waals surface area contributed by atoms with Crippen LogP contribution >= 0.6 is 0 Å². The fraction of sp³-hybridized carbons (Fsp3) is 0.577. The third kappa shape index (κ3) is 5.82. The van der Waals surface area contributed by atoms with E-state index in [1.165, 1.54) is 5.06 Å². The van der Waals surface area contributed by atoms with E-state index >= 15 is 0 Å². The number of hydrogen-bond donors (Lipinski definition) is 1. The predicted molar refractivity (Wildman–Crippen MR) is 130 cm³/mol. The van der Waals surface area contributed by atoms with Gasteiger partial charge in [0.25, 0.3) is 5.91 Å². The first-order valence-electron chi connectivity index (χ1n) is 12.6. The van der Waals surface area contributed by atoms with Crippen LogP contribution in [-0.4, -0.2) is 71.0 Å². The maximum Gasteiger partial charge on any atom is 0.308 e. The minimum atomic E-state index is -0.895. The van der Waals surface area contributed by atoms with Crippen molar-refractivity contribution in [3.63, 3.8) is 0 Å². The van der Waals surface area contributed by atoms with Crippen molar-refractivity contribution in [2.45, 2.75) is 58.4 Å². The second-order valence-electron chi connectivity index (χ2n) is 9.31. The van der Waals surface area contributed by atoms with Gasteiger partial charge in [-0.2, -0.15) is 0 Å². The molecule has 3 unspecified atom stereocenters. The van der Waals surface area contributed by atoms with E-state index in [-0.39, 0.29) is 31.2 Å². The quantitative estimate of drug-likeness (QED) is 0.437. The first kappa shape index (κ1) is 26.0. The zero-order valence-electron chi connectivity index (χ0n) is 21.1. The lowest BCUT2D eigenvalue weighted by Gasteiger charge is -2.28. The standard InChI is InChI=1S/C26H35N3O7/c1-4-10-29(35-11-5-2)24(30)15-28-14-19(18-6-8-21-22(12-18)34-16-33-21)25(26(31)32)20(28)7-9-23-27-13-17(3)36-23/h6,8,12-13,19-20,25H,4-5,7,9-11,14-16H2,1-3H3,(H,31,32). The number of oxazole rings is 1. The lowest BCUT2D eigenvalue weighted by molar-refractivity contribution is -0.188. The number of nitrogens with zero attached hydrogens (tertiary/aromatic N) is 3. The van der Waals surface area contributed by atoms with Crippen LogP contribution in [0.5, 0.6) is 11.5 Å². The summed E-state index contributed by atoms with van der Waals surface area (Å²) in [5, 5.41) is 11.7. The molecular formula is C26H35N3O7. The van der Waals surface area contributed by atoms with Gasteiger partial charge in [0, 0.05) is 31.5 Å². The molecule has 36 heavy (non-hydrogen) atoms. The highest BCUT2D eigenvalue weighted by Crippen LogP contribution is 2.43. The average Bonchev–Trinajstić information content (AvgIpc) is 3.58. The van der Waals surface area contributed by atoms with E-state index < -0.39 is 11.9 Å². The summed E-state index contributed by atoms with van der Waals surface area (Å²) in [6.45, 7) is 7.39. The molecule has 3 atom stereocenters. The number of carboxylic acid groups (broad SMARTS) is 1. The van der Waals surface area contributed by atoms with Crippen LogP contribution in [0.1, 0.15) is 56.2 Å². The molecule has 1 amide bonds. The summed E-state index contributed by atoms with van der Waals surface area (Å²) in [5.74, 6) is 0.428. The van der Waals surface area contributed by atoms with Gasteiger partial charge in [0.05, 0.1) is 25.3 Å². The molecule has 1 saturated heterocycles. The van der Waals surface area contributed by atoms with Crippen LogP contribution in [0.2, 0.25) is 0 Å². The maximum atomic E-state index is 13.2. The van der Waals surface area contributed by atoms with Gasteiger partial charge in [-0.05, 0) is 43.9 Å². The second-order valence-corrected chi connectivity index (χ2v) is 9.31. The number of hydrogen-bond acceptors (Lipinski definition) is 8. The number of carboxylic acids is 1. The van der Waals surface area contributed by atoms with Crippen molar-refractivity contribution in [2.24, 2.45) is 5.92 Å². The van der Waals surface area contributed by atoms with Crippen LogP contribution in [-0.2, 0) is 20.8 Å². The van der Waals surface area contributed by atoms with Crippen molar-refractivity contribution in [3.05, 3.63) is 41.6 Å². The zero-order valence-corrected chi connectivity index (χ0v) is 21.1. The SMILES string of the molecule is CCCON(CCC)C(=O)CN1CC(c2ccc3c(c2)OCO3)C(C(=O)O)C1CCc1ncc(C)o1. The molecular weight excluding hydrogens is 466 g/mol. The Morgan fingerprint density at radius 3 is 2.72 bits per heavy atom. The van der Waals surface area contributed by atoms with Crippen LogP contribution in [0, 0.1) is 12.8 Å². The third-order valence-corrected chi connectivity index (χ3v) is 6.68. The van der Waals surface area contributed by atoms with Crippen molar-refractivity contribution in [1.82, 2.24) is 14.9 Å². The van der Waals surface area contributed by atoms with Crippen LogP contribution in [0.25, 0.3) is 0 Å². The topological polar surface area (TPSA) is 115 Å². The number of aryl methyl sites for hydroxylation is 2. The smallest absolute Gasteiger partial charge is 0.308 e. The monoisotopic (exact) mass is 501 g/mol. The van der Waals surface area contributed by atoms with Crippen LogP contribution in [0.4, 0.5) is 0 Å². The van der Waals surface area contributed by atoms with Crippen LogP contribution < -0.4 is 9.47 Å². The molecule has 10 nitrogen and oxygen atoms in total. The molecule has 1 N–H and O–H groups in total. The van der Waals surface area contributed by atoms with Gasteiger partial charge in [-0.15, -0.1) is 0 Å². The molecule has 1 aromatic carbocycles. The summed E-state index contributed by atoms with van der Waals surface area (Å²) in [6.07, 6.45) is 4.19. The van der Waals surface area contributed by atoms with Gasteiger partial charge >= 0.3 is 5.97 Å². The van der Waals surface area contributed by atoms with Crippen molar-refractivity contribution in [2.75, 3.05) is 33.0 Å². The van der Waals surface area contributed by atoms with E-state index in [0.29, 0.717) is 55.7 Å². The van der Waals surface area contributed by atoms with Gasteiger partial charge in [-0.1, -0.05) is 19.9 Å². The Bertz CT molecular complexity index is 1060. The summed E-state index contributed by atoms with van der Waals surface area (Å²) in [5.41, 5.74) is 0.853. The minimum Gasteiger partial charge on any atom is -0.481 e. The third-order valence-electron chi connectivity index (χ3n) is 6.68. The number of likely N-dealkylation sites (tertiary alicyclic amines) is 1. The number of aliphatic carboxylic acids is 1.